The predicted octanol–water partition coefficient (Wildman–Crippen LogP) is -0.423. The van der Waals surface area contributed by atoms with Gasteiger partial charge in [-0.3, -0.25) is 9.59 Å². The molecule has 2 rings (SSSR count). The van der Waals surface area contributed by atoms with Crippen molar-refractivity contribution in [2.24, 2.45) is 0 Å². The molecule has 5 heteroatoms. The molecule has 0 fully saturated rings. The monoisotopic (exact) mass is 178 g/mol. The number of ketones is 1. The molecule has 0 aliphatic carbocycles. The van der Waals surface area contributed by atoms with Gasteiger partial charge in [-0.1, -0.05) is 0 Å². The van der Waals surface area contributed by atoms with Crippen molar-refractivity contribution in [3.63, 3.8) is 0 Å². The fraction of sp³-hybridized carbons (Fsp3) is 0.125. The van der Waals surface area contributed by atoms with Gasteiger partial charge in [-0.05, 0) is 12.1 Å². The van der Waals surface area contributed by atoms with Crippen LogP contribution in [0.2, 0.25) is 0 Å². The minimum Gasteiger partial charge on any atom is -0.376 e. The third kappa shape index (κ3) is 1.09. The Labute approximate surface area is 73.4 Å². The maximum absolute atomic E-state index is 11.3. The number of hydrogen-bond acceptors (Lipinski definition) is 4. The first kappa shape index (κ1) is 7.88. The minimum atomic E-state index is -1.60. The van der Waals surface area contributed by atoms with Gasteiger partial charge in [0.25, 0.3) is 5.91 Å². The van der Waals surface area contributed by atoms with Gasteiger partial charge in [0.15, 0.2) is 6.10 Å². The van der Waals surface area contributed by atoms with Crippen molar-refractivity contribution in [1.82, 2.24) is 4.98 Å². The van der Waals surface area contributed by atoms with E-state index in [-0.39, 0.29) is 11.4 Å². The van der Waals surface area contributed by atoms with Crippen LogP contribution in [0.1, 0.15) is 10.4 Å². The second kappa shape index (κ2) is 2.63. The third-order valence-electron chi connectivity index (χ3n) is 1.81. The van der Waals surface area contributed by atoms with Gasteiger partial charge in [-0.15, -0.1) is 0 Å². The number of nitrogens with one attached hydrogen (secondary N) is 1. The van der Waals surface area contributed by atoms with Crippen molar-refractivity contribution in [1.29, 1.82) is 0 Å². The van der Waals surface area contributed by atoms with Crippen LogP contribution in [0.25, 0.3) is 0 Å². The Morgan fingerprint density at radius 3 is 3.00 bits per heavy atom. The Bertz CT molecular complexity index is 389. The van der Waals surface area contributed by atoms with E-state index < -0.39 is 17.8 Å². The van der Waals surface area contributed by atoms with Crippen LogP contribution >= 0.6 is 0 Å². The summed E-state index contributed by atoms with van der Waals surface area (Å²) in [6.07, 6.45) is -0.138. The number of fused-ring (bicyclic) bond motifs is 1. The van der Waals surface area contributed by atoms with Crippen molar-refractivity contribution in [2.75, 3.05) is 5.32 Å². The summed E-state index contributed by atoms with van der Waals surface area (Å²) in [6, 6.07) is 3.08. The number of pyridine rings is 1. The average molecular weight is 178 g/mol. The molecule has 13 heavy (non-hydrogen) atoms. The van der Waals surface area contributed by atoms with Gasteiger partial charge in [-0.2, -0.15) is 0 Å². The Morgan fingerprint density at radius 1 is 1.46 bits per heavy atom. The highest BCUT2D eigenvalue weighted by Crippen LogP contribution is 2.18. The van der Waals surface area contributed by atoms with Gasteiger partial charge >= 0.3 is 0 Å². The Balaban J connectivity index is 2.55. The van der Waals surface area contributed by atoms with Crippen molar-refractivity contribution >= 4 is 17.5 Å². The lowest BCUT2D eigenvalue weighted by atomic mass is 10.0. The number of carbonyl (C=O) groups excluding carboxylic acids is 2. The number of nitrogens with zero attached hydrogens (tertiary/aromatic N) is 1. The first-order chi connectivity index (χ1) is 6.20. The molecule has 0 saturated carbocycles. The highest BCUT2D eigenvalue weighted by Gasteiger charge is 2.32. The van der Waals surface area contributed by atoms with E-state index in [0.717, 1.165) is 0 Å². The molecule has 0 aromatic carbocycles. The zero-order valence-corrected chi connectivity index (χ0v) is 6.52. The average Bonchev–Trinajstić information content (AvgIpc) is 2.15. The molecule has 0 bridgehead atoms. The maximum Gasteiger partial charge on any atom is 0.262 e. The number of amides is 1. The van der Waals surface area contributed by atoms with Crippen LogP contribution in [0.15, 0.2) is 18.3 Å². The van der Waals surface area contributed by atoms with Gasteiger partial charge in [0, 0.05) is 6.20 Å². The number of anilines is 1. The lowest BCUT2D eigenvalue weighted by molar-refractivity contribution is -0.122. The van der Waals surface area contributed by atoms with Crippen LogP contribution in [0, 0.1) is 0 Å². The van der Waals surface area contributed by atoms with E-state index in [4.69, 9.17) is 5.11 Å². The van der Waals surface area contributed by atoms with Gasteiger partial charge in [-0.25, -0.2) is 4.98 Å². The topological polar surface area (TPSA) is 79.3 Å². The molecular formula is C8H6N2O3. The van der Waals surface area contributed by atoms with E-state index in [2.05, 4.69) is 10.3 Å². The zero-order chi connectivity index (χ0) is 9.42. The Hall–Kier alpha value is -1.75. The molecule has 0 saturated heterocycles. The van der Waals surface area contributed by atoms with Crippen molar-refractivity contribution in [2.45, 2.75) is 6.10 Å². The summed E-state index contributed by atoms with van der Waals surface area (Å²) in [5.74, 6) is -1.12. The van der Waals surface area contributed by atoms with Crippen LogP contribution in [0.3, 0.4) is 0 Å². The van der Waals surface area contributed by atoms with E-state index in [1.807, 2.05) is 0 Å². The molecule has 2 N–H and O–H groups in total. The number of rotatable bonds is 0. The first-order valence-corrected chi connectivity index (χ1v) is 3.68. The van der Waals surface area contributed by atoms with Gasteiger partial charge < -0.3 is 10.4 Å². The number of aliphatic hydroxyl groups is 1. The minimum absolute atomic E-state index is 0.211. The summed E-state index contributed by atoms with van der Waals surface area (Å²) >= 11 is 0. The standard InChI is InChI=1S/C8H6N2O3/c11-5-4-2-1-3-9-7(4)10-8(13)6(5)12/h1-3,6,12H,(H,9,10,13). The quantitative estimate of drug-likeness (QED) is 0.528. The fourth-order valence-corrected chi connectivity index (χ4v) is 1.16. The van der Waals surface area contributed by atoms with E-state index in [9.17, 15) is 9.59 Å². The second-order valence-corrected chi connectivity index (χ2v) is 2.66. The molecule has 1 aromatic heterocycles. The van der Waals surface area contributed by atoms with Crippen molar-refractivity contribution in [3.8, 4) is 0 Å². The predicted molar refractivity (Wildman–Crippen MR) is 43.2 cm³/mol. The molecule has 0 spiro atoms. The Kier molecular flexibility index (Phi) is 1.60. The molecular weight excluding hydrogens is 172 g/mol. The number of aromatic nitrogens is 1. The maximum atomic E-state index is 11.3. The van der Waals surface area contributed by atoms with Gasteiger partial charge in [0.1, 0.15) is 5.82 Å². The van der Waals surface area contributed by atoms with E-state index >= 15 is 0 Å². The molecule has 66 valence electrons. The molecule has 1 amide bonds. The smallest absolute Gasteiger partial charge is 0.262 e. The molecule has 2 heterocycles. The lowest BCUT2D eigenvalue weighted by Crippen LogP contribution is -2.40. The van der Waals surface area contributed by atoms with Crippen LogP contribution in [0.4, 0.5) is 5.82 Å². The Morgan fingerprint density at radius 2 is 2.23 bits per heavy atom. The third-order valence-corrected chi connectivity index (χ3v) is 1.81. The molecule has 1 atom stereocenters. The number of Topliss-reactive ketones (excluding diaryl/α,β-unsaturated/α-hetero) is 1. The summed E-state index contributed by atoms with van der Waals surface area (Å²) in [5.41, 5.74) is 0.245. The summed E-state index contributed by atoms with van der Waals surface area (Å²) in [4.78, 5) is 26.0. The summed E-state index contributed by atoms with van der Waals surface area (Å²) in [7, 11) is 0. The fourth-order valence-electron chi connectivity index (χ4n) is 1.16. The lowest BCUT2D eigenvalue weighted by Gasteiger charge is -2.17. The summed E-state index contributed by atoms with van der Waals surface area (Å²) in [5, 5.41) is 11.4. The zero-order valence-electron chi connectivity index (χ0n) is 6.52. The summed E-state index contributed by atoms with van der Waals surface area (Å²) in [6.45, 7) is 0. The number of carbonyl (C=O) groups is 2. The van der Waals surface area contributed by atoms with Crippen molar-refractivity contribution < 1.29 is 14.7 Å². The molecule has 5 nitrogen and oxygen atoms in total. The largest absolute Gasteiger partial charge is 0.376 e. The van der Waals surface area contributed by atoms with Gasteiger partial charge in [0.05, 0.1) is 5.56 Å². The second-order valence-electron chi connectivity index (χ2n) is 2.66. The highest BCUT2D eigenvalue weighted by molar-refractivity contribution is 6.22. The summed E-state index contributed by atoms with van der Waals surface area (Å²) < 4.78 is 0. The van der Waals surface area contributed by atoms with Crippen LogP contribution in [0.5, 0.6) is 0 Å². The normalized spacial score (nSPS) is 20.8. The van der Waals surface area contributed by atoms with Gasteiger partial charge in [0.2, 0.25) is 5.78 Å². The number of hydrogen-bond donors (Lipinski definition) is 2. The molecule has 0 radical (unpaired) electrons. The van der Waals surface area contributed by atoms with Crippen LogP contribution < -0.4 is 5.32 Å². The molecule has 1 unspecified atom stereocenters. The van der Waals surface area contributed by atoms with Crippen LogP contribution in [-0.2, 0) is 4.79 Å². The molecule has 1 aliphatic heterocycles. The first-order valence-electron chi connectivity index (χ1n) is 3.68. The van der Waals surface area contributed by atoms with Crippen LogP contribution in [-0.4, -0.2) is 27.9 Å². The highest BCUT2D eigenvalue weighted by atomic mass is 16.3. The van der Waals surface area contributed by atoms with Crippen molar-refractivity contribution in [3.05, 3.63) is 23.9 Å². The van der Waals surface area contributed by atoms with E-state index in [1.165, 1.54) is 12.3 Å². The molecule has 1 aliphatic rings. The SMILES string of the molecule is O=C1Nc2ncccc2C(=O)C1O. The number of aliphatic hydroxyl groups excluding tert-OH is 1. The molecule has 1 aromatic rings. The van der Waals surface area contributed by atoms with E-state index in [1.54, 1.807) is 6.07 Å². The van der Waals surface area contributed by atoms with E-state index in [0.29, 0.717) is 0 Å².